The van der Waals surface area contributed by atoms with Gasteiger partial charge in [-0.15, -0.1) is 0 Å². The number of hydrogen-bond donors (Lipinski definition) is 1. The molecule has 1 atom stereocenters. The molecule has 1 amide bonds. The van der Waals surface area contributed by atoms with Crippen LogP contribution < -0.4 is 0 Å². The molecular formula is C19H23N3O4. The SMILES string of the molecule is Cc1cc(C)n(Cc2cccc(C(=O)N3CCOC[C@H]3CC(=O)O)c2)n1. The Morgan fingerprint density at radius 1 is 1.31 bits per heavy atom. The molecule has 1 aromatic heterocycles. The summed E-state index contributed by atoms with van der Waals surface area (Å²) in [6, 6.07) is 9.00. The Balaban J connectivity index is 1.79. The highest BCUT2D eigenvalue weighted by atomic mass is 16.5. The number of aromatic nitrogens is 2. The highest BCUT2D eigenvalue weighted by molar-refractivity contribution is 5.95. The summed E-state index contributed by atoms with van der Waals surface area (Å²) in [5.41, 5.74) is 3.56. The van der Waals surface area contributed by atoms with Crippen molar-refractivity contribution in [3.8, 4) is 0 Å². The van der Waals surface area contributed by atoms with Crippen LogP contribution in [-0.2, 0) is 16.1 Å². The first-order valence-corrected chi connectivity index (χ1v) is 8.64. The molecule has 138 valence electrons. The van der Waals surface area contributed by atoms with Crippen molar-refractivity contribution in [1.82, 2.24) is 14.7 Å². The van der Waals surface area contributed by atoms with Crippen LogP contribution in [0.3, 0.4) is 0 Å². The number of ether oxygens (including phenoxy) is 1. The summed E-state index contributed by atoms with van der Waals surface area (Å²) >= 11 is 0. The molecule has 1 fully saturated rings. The number of hydrogen-bond acceptors (Lipinski definition) is 4. The standard InChI is InChI=1S/C19H23N3O4/c1-13-8-14(2)22(20-13)11-15-4-3-5-16(9-15)19(25)21-6-7-26-12-17(21)10-18(23)24/h3-5,8-9,17H,6-7,10-12H2,1-2H3,(H,23,24)/t17-/m1/s1. The topological polar surface area (TPSA) is 84.7 Å². The van der Waals surface area contributed by atoms with Gasteiger partial charge >= 0.3 is 5.97 Å². The van der Waals surface area contributed by atoms with E-state index in [1.807, 2.05) is 42.8 Å². The van der Waals surface area contributed by atoms with Gasteiger partial charge in [0.25, 0.3) is 5.91 Å². The third kappa shape index (κ3) is 4.11. The Morgan fingerprint density at radius 3 is 2.81 bits per heavy atom. The van der Waals surface area contributed by atoms with Crippen LogP contribution in [0, 0.1) is 13.8 Å². The van der Waals surface area contributed by atoms with Crippen molar-refractivity contribution in [2.24, 2.45) is 0 Å². The lowest BCUT2D eigenvalue weighted by Gasteiger charge is -2.35. The molecule has 1 N–H and O–H groups in total. The van der Waals surface area contributed by atoms with Crippen molar-refractivity contribution in [2.75, 3.05) is 19.8 Å². The van der Waals surface area contributed by atoms with E-state index in [9.17, 15) is 9.59 Å². The summed E-state index contributed by atoms with van der Waals surface area (Å²) in [5.74, 6) is -1.09. The van der Waals surface area contributed by atoms with Crippen molar-refractivity contribution in [1.29, 1.82) is 0 Å². The number of carbonyl (C=O) groups is 2. The molecule has 0 spiro atoms. The van der Waals surface area contributed by atoms with Gasteiger partial charge in [0.2, 0.25) is 0 Å². The predicted octanol–water partition coefficient (Wildman–Crippen LogP) is 1.86. The van der Waals surface area contributed by atoms with E-state index >= 15 is 0 Å². The number of nitrogens with zero attached hydrogens (tertiary/aromatic N) is 3. The molecule has 1 aliphatic rings. The van der Waals surface area contributed by atoms with E-state index in [4.69, 9.17) is 9.84 Å². The Hall–Kier alpha value is -2.67. The maximum atomic E-state index is 12.9. The molecule has 1 aliphatic heterocycles. The Morgan fingerprint density at radius 2 is 2.12 bits per heavy atom. The van der Waals surface area contributed by atoms with E-state index in [0.29, 0.717) is 25.3 Å². The summed E-state index contributed by atoms with van der Waals surface area (Å²) < 4.78 is 7.25. The zero-order chi connectivity index (χ0) is 18.7. The van der Waals surface area contributed by atoms with Crippen LogP contribution in [0.4, 0.5) is 0 Å². The highest BCUT2D eigenvalue weighted by Crippen LogP contribution is 2.17. The third-order valence-corrected chi connectivity index (χ3v) is 4.51. The number of carboxylic acids is 1. The van der Waals surface area contributed by atoms with Crippen LogP contribution in [0.2, 0.25) is 0 Å². The summed E-state index contributed by atoms with van der Waals surface area (Å²) in [4.78, 5) is 25.6. The van der Waals surface area contributed by atoms with Gasteiger partial charge in [0.1, 0.15) is 0 Å². The maximum absolute atomic E-state index is 12.9. The van der Waals surface area contributed by atoms with E-state index in [1.165, 1.54) is 0 Å². The Kier molecular flexibility index (Phi) is 5.37. The van der Waals surface area contributed by atoms with Crippen LogP contribution >= 0.6 is 0 Å². The van der Waals surface area contributed by atoms with E-state index in [-0.39, 0.29) is 18.9 Å². The molecule has 0 bridgehead atoms. The first-order valence-electron chi connectivity index (χ1n) is 8.64. The van der Waals surface area contributed by atoms with E-state index < -0.39 is 12.0 Å². The fraction of sp³-hybridized carbons (Fsp3) is 0.421. The van der Waals surface area contributed by atoms with Gasteiger partial charge in [-0.2, -0.15) is 5.10 Å². The second-order valence-corrected chi connectivity index (χ2v) is 6.61. The summed E-state index contributed by atoms with van der Waals surface area (Å²) in [5, 5.41) is 13.5. The number of amides is 1. The lowest BCUT2D eigenvalue weighted by molar-refractivity contribution is -0.139. The van der Waals surface area contributed by atoms with Gasteiger partial charge in [-0.25, -0.2) is 0 Å². The van der Waals surface area contributed by atoms with Gasteiger partial charge in [-0.1, -0.05) is 12.1 Å². The van der Waals surface area contributed by atoms with E-state index in [1.54, 1.807) is 11.0 Å². The quantitative estimate of drug-likeness (QED) is 0.883. The normalized spacial score (nSPS) is 17.3. The molecule has 3 rings (SSSR count). The Bertz CT molecular complexity index is 815. The molecule has 1 saturated heterocycles. The number of carboxylic acid groups (broad SMARTS) is 1. The molecule has 2 aromatic rings. The third-order valence-electron chi connectivity index (χ3n) is 4.51. The molecule has 0 aliphatic carbocycles. The minimum absolute atomic E-state index is 0.114. The molecule has 7 nitrogen and oxygen atoms in total. The van der Waals surface area contributed by atoms with Crippen LogP contribution in [-0.4, -0.2) is 57.5 Å². The largest absolute Gasteiger partial charge is 0.481 e. The maximum Gasteiger partial charge on any atom is 0.305 e. The second kappa shape index (κ2) is 7.70. The van der Waals surface area contributed by atoms with Gasteiger partial charge in [-0.3, -0.25) is 14.3 Å². The monoisotopic (exact) mass is 357 g/mol. The van der Waals surface area contributed by atoms with Gasteiger partial charge in [0.05, 0.1) is 37.9 Å². The van der Waals surface area contributed by atoms with Crippen LogP contribution in [0.15, 0.2) is 30.3 Å². The minimum atomic E-state index is -0.934. The number of aryl methyl sites for hydroxylation is 2. The van der Waals surface area contributed by atoms with E-state index in [2.05, 4.69) is 5.10 Å². The summed E-state index contributed by atoms with van der Waals surface area (Å²) in [6.07, 6.45) is -0.114. The number of benzene rings is 1. The van der Waals surface area contributed by atoms with Gasteiger partial charge in [0.15, 0.2) is 0 Å². The molecule has 0 unspecified atom stereocenters. The molecule has 2 heterocycles. The van der Waals surface area contributed by atoms with Crippen LogP contribution in [0.1, 0.15) is 33.7 Å². The van der Waals surface area contributed by atoms with Crippen molar-refractivity contribution in [2.45, 2.75) is 32.9 Å². The van der Waals surface area contributed by atoms with Crippen LogP contribution in [0.25, 0.3) is 0 Å². The smallest absolute Gasteiger partial charge is 0.305 e. The zero-order valence-corrected chi connectivity index (χ0v) is 15.0. The van der Waals surface area contributed by atoms with Crippen molar-refractivity contribution in [3.05, 3.63) is 52.8 Å². The van der Waals surface area contributed by atoms with Gasteiger partial charge in [-0.05, 0) is 37.6 Å². The van der Waals surface area contributed by atoms with Crippen molar-refractivity contribution >= 4 is 11.9 Å². The first kappa shape index (κ1) is 18.1. The van der Waals surface area contributed by atoms with Gasteiger partial charge in [0, 0.05) is 17.8 Å². The molecule has 26 heavy (non-hydrogen) atoms. The summed E-state index contributed by atoms with van der Waals surface area (Å²) in [7, 11) is 0. The second-order valence-electron chi connectivity index (χ2n) is 6.61. The zero-order valence-electron chi connectivity index (χ0n) is 15.0. The van der Waals surface area contributed by atoms with Crippen LogP contribution in [0.5, 0.6) is 0 Å². The molecule has 7 heteroatoms. The van der Waals surface area contributed by atoms with E-state index in [0.717, 1.165) is 17.0 Å². The fourth-order valence-electron chi connectivity index (χ4n) is 3.27. The highest BCUT2D eigenvalue weighted by Gasteiger charge is 2.29. The lowest BCUT2D eigenvalue weighted by Crippen LogP contribution is -2.49. The van der Waals surface area contributed by atoms with Crippen molar-refractivity contribution in [3.63, 3.8) is 0 Å². The molecule has 1 aromatic carbocycles. The minimum Gasteiger partial charge on any atom is -0.481 e. The summed E-state index contributed by atoms with van der Waals surface area (Å²) in [6.45, 7) is 5.61. The lowest BCUT2D eigenvalue weighted by atomic mass is 10.1. The van der Waals surface area contributed by atoms with Crippen molar-refractivity contribution < 1.29 is 19.4 Å². The molecular weight excluding hydrogens is 334 g/mol. The molecule has 0 radical (unpaired) electrons. The number of rotatable bonds is 5. The Labute approximate surface area is 152 Å². The predicted molar refractivity (Wildman–Crippen MR) is 95.1 cm³/mol. The number of carbonyl (C=O) groups excluding carboxylic acids is 1. The average molecular weight is 357 g/mol. The average Bonchev–Trinajstić information content (AvgIpc) is 2.91. The fourth-order valence-corrected chi connectivity index (χ4v) is 3.27. The number of aliphatic carboxylic acids is 1. The first-order chi connectivity index (χ1) is 12.4. The van der Waals surface area contributed by atoms with Gasteiger partial charge < -0.3 is 14.7 Å². The molecule has 0 saturated carbocycles. The number of morpholine rings is 1.